The van der Waals surface area contributed by atoms with Crippen LogP contribution >= 0.6 is 22.9 Å². The van der Waals surface area contributed by atoms with Crippen LogP contribution in [0.4, 0.5) is 0 Å². The Labute approximate surface area is 117 Å². The van der Waals surface area contributed by atoms with Crippen molar-refractivity contribution >= 4 is 28.8 Å². The van der Waals surface area contributed by atoms with Gasteiger partial charge in [-0.05, 0) is 37.1 Å². The number of halogens is 1. The highest BCUT2D eigenvalue weighted by Crippen LogP contribution is 2.31. The minimum atomic E-state index is 0.0941. The molecule has 18 heavy (non-hydrogen) atoms. The lowest BCUT2D eigenvalue weighted by Crippen LogP contribution is -2.44. The van der Waals surface area contributed by atoms with E-state index in [1.165, 1.54) is 17.8 Å². The number of hydrogen-bond acceptors (Lipinski definition) is 3. The average molecular weight is 288 g/mol. The topological polar surface area (TPSA) is 29.5 Å². The van der Waals surface area contributed by atoms with E-state index in [4.69, 9.17) is 16.3 Å². The highest BCUT2D eigenvalue weighted by atomic mass is 35.5. The third kappa shape index (κ3) is 2.81. The smallest absolute Gasteiger partial charge is 0.267 e. The zero-order valence-electron chi connectivity index (χ0n) is 10.5. The second kappa shape index (κ2) is 6.43. The first-order valence-corrected chi connectivity index (χ1v) is 7.67. The second-order valence-electron chi connectivity index (χ2n) is 4.44. The molecule has 1 aliphatic carbocycles. The maximum atomic E-state index is 12.5. The molecular weight excluding hydrogens is 270 g/mol. The zero-order chi connectivity index (χ0) is 13.0. The van der Waals surface area contributed by atoms with Crippen molar-refractivity contribution in [3.63, 3.8) is 0 Å². The van der Waals surface area contributed by atoms with Crippen LogP contribution in [-0.2, 0) is 0 Å². The Kier molecular flexibility index (Phi) is 4.89. The van der Waals surface area contributed by atoms with Crippen LogP contribution in [0.25, 0.3) is 0 Å². The summed E-state index contributed by atoms with van der Waals surface area (Å²) in [6.45, 7) is 0.744. The molecule has 5 heteroatoms. The molecule has 1 saturated carbocycles. The first kappa shape index (κ1) is 13.7. The maximum Gasteiger partial charge on any atom is 0.267 e. The van der Waals surface area contributed by atoms with Crippen molar-refractivity contribution in [1.82, 2.24) is 4.90 Å². The molecular formula is C13H18ClNO2S. The van der Waals surface area contributed by atoms with Gasteiger partial charge in [-0.3, -0.25) is 4.79 Å². The summed E-state index contributed by atoms with van der Waals surface area (Å²) in [4.78, 5) is 15.2. The highest BCUT2D eigenvalue weighted by molar-refractivity contribution is 7.12. The second-order valence-corrected chi connectivity index (χ2v) is 5.74. The molecule has 0 atom stereocenters. The molecule has 2 rings (SSSR count). The Morgan fingerprint density at radius 2 is 2.39 bits per heavy atom. The van der Waals surface area contributed by atoms with Gasteiger partial charge in [-0.15, -0.1) is 22.9 Å². The van der Waals surface area contributed by atoms with Gasteiger partial charge in [0.2, 0.25) is 0 Å². The molecule has 1 aromatic rings. The molecule has 0 aliphatic heterocycles. The quantitative estimate of drug-likeness (QED) is 0.751. The third-order valence-electron chi connectivity index (χ3n) is 3.35. The normalized spacial score (nSPS) is 15.2. The first-order valence-electron chi connectivity index (χ1n) is 6.26. The first-order chi connectivity index (χ1) is 8.77. The summed E-state index contributed by atoms with van der Waals surface area (Å²) in [7, 11) is 1.60. The number of thiophene rings is 1. The van der Waals surface area contributed by atoms with Gasteiger partial charge in [0, 0.05) is 18.5 Å². The van der Waals surface area contributed by atoms with Gasteiger partial charge in [0.1, 0.15) is 10.6 Å². The summed E-state index contributed by atoms with van der Waals surface area (Å²) >= 11 is 7.19. The Morgan fingerprint density at radius 1 is 1.61 bits per heavy atom. The van der Waals surface area contributed by atoms with E-state index >= 15 is 0 Å². The summed E-state index contributed by atoms with van der Waals surface area (Å²) in [5.74, 6) is 1.37. The largest absolute Gasteiger partial charge is 0.495 e. The van der Waals surface area contributed by atoms with Crippen molar-refractivity contribution in [2.24, 2.45) is 0 Å². The van der Waals surface area contributed by atoms with E-state index in [1.807, 2.05) is 16.3 Å². The Balaban J connectivity index is 2.11. The van der Waals surface area contributed by atoms with Crippen molar-refractivity contribution in [1.29, 1.82) is 0 Å². The van der Waals surface area contributed by atoms with Crippen LogP contribution < -0.4 is 4.74 Å². The van der Waals surface area contributed by atoms with Crippen LogP contribution in [0.1, 0.15) is 35.4 Å². The van der Waals surface area contributed by atoms with E-state index in [9.17, 15) is 4.79 Å². The van der Waals surface area contributed by atoms with Crippen LogP contribution in [-0.4, -0.2) is 36.4 Å². The zero-order valence-corrected chi connectivity index (χ0v) is 12.1. The van der Waals surface area contributed by atoms with E-state index in [2.05, 4.69) is 0 Å². The minimum absolute atomic E-state index is 0.0941. The standard InChI is InChI=1S/C13H18ClNO2S/c1-17-11-6-9-18-12(11)13(16)15(8-3-7-14)10-4-2-5-10/h6,9-10H,2-5,7-8H2,1H3. The van der Waals surface area contributed by atoms with Crippen LogP contribution in [0.15, 0.2) is 11.4 Å². The van der Waals surface area contributed by atoms with Gasteiger partial charge in [-0.1, -0.05) is 0 Å². The van der Waals surface area contributed by atoms with E-state index in [0.29, 0.717) is 22.5 Å². The molecule has 0 spiro atoms. The van der Waals surface area contributed by atoms with Crippen LogP contribution in [0.3, 0.4) is 0 Å². The molecule has 1 aliphatic rings. The molecule has 1 aromatic heterocycles. The van der Waals surface area contributed by atoms with Crippen LogP contribution in [0.2, 0.25) is 0 Å². The van der Waals surface area contributed by atoms with Crippen molar-refractivity contribution in [3.8, 4) is 5.75 Å². The van der Waals surface area contributed by atoms with Crippen molar-refractivity contribution in [2.45, 2.75) is 31.7 Å². The summed E-state index contributed by atoms with van der Waals surface area (Å²) < 4.78 is 5.23. The molecule has 0 aromatic carbocycles. The fraction of sp³-hybridized carbons (Fsp3) is 0.615. The third-order valence-corrected chi connectivity index (χ3v) is 4.50. The SMILES string of the molecule is COc1ccsc1C(=O)N(CCCCl)C1CCC1. The number of amides is 1. The fourth-order valence-electron chi connectivity index (χ4n) is 2.12. The number of rotatable bonds is 6. The number of hydrogen-bond donors (Lipinski definition) is 0. The average Bonchev–Trinajstić information content (AvgIpc) is 2.79. The Bertz CT molecular complexity index is 403. The molecule has 1 fully saturated rings. The van der Waals surface area contributed by atoms with E-state index < -0.39 is 0 Å². The van der Waals surface area contributed by atoms with Crippen molar-refractivity contribution in [3.05, 3.63) is 16.3 Å². The minimum Gasteiger partial charge on any atom is -0.495 e. The van der Waals surface area contributed by atoms with E-state index in [-0.39, 0.29) is 5.91 Å². The maximum absolute atomic E-state index is 12.5. The van der Waals surface area contributed by atoms with E-state index in [1.54, 1.807) is 7.11 Å². The van der Waals surface area contributed by atoms with Crippen LogP contribution in [0, 0.1) is 0 Å². The van der Waals surface area contributed by atoms with Gasteiger partial charge in [-0.25, -0.2) is 0 Å². The summed E-state index contributed by atoms with van der Waals surface area (Å²) in [6.07, 6.45) is 4.29. The lowest BCUT2D eigenvalue weighted by molar-refractivity contribution is 0.0583. The number of methoxy groups -OCH3 is 1. The van der Waals surface area contributed by atoms with Crippen molar-refractivity contribution < 1.29 is 9.53 Å². The molecule has 0 N–H and O–H groups in total. The Hall–Kier alpha value is -0.740. The number of ether oxygens (including phenoxy) is 1. The van der Waals surface area contributed by atoms with Gasteiger partial charge in [0.25, 0.3) is 5.91 Å². The lowest BCUT2D eigenvalue weighted by Gasteiger charge is -2.37. The van der Waals surface area contributed by atoms with Gasteiger partial charge < -0.3 is 9.64 Å². The predicted molar refractivity (Wildman–Crippen MR) is 74.9 cm³/mol. The van der Waals surface area contributed by atoms with Gasteiger partial charge >= 0.3 is 0 Å². The molecule has 1 heterocycles. The monoisotopic (exact) mass is 287 g/mol. The summed E-state index contributed by atoms with van der Waals surface area (Å²) in [5.41, 5.74) is 0. The van der Waals surface area contributed by atoms with Crippen LogP contribution in [0.5, 0.6) is 5.75 Å². The van der Waals surface area contributed by atoms with Crippen molar-refractivity contribution in [2.75, 3.05) is 19.5 Å². The number of nitrogens with zero attached hydrogens (tertiary/aromatic N) is 1. The molecule has 3 nitrogen and oxygen atoms in total. The predicted octanol–water partition coefficient (Wildman–Crippen LogP) is 3.38. The summed E-state index contributed by atoms with van der Waals surface area (Å²) in [6, 6.07) is 2.24. The summed E-state index contributed by atoms with van der Waals surface area (Å²) in [5, 5.41) is 1.90. The van der Waals surface area contributed by atoms with Gasteiger partial charge in [0.05, 0.1) is 7.11 Å². The number of carbonyl (C=O) groups excluding carboxylic acids is 1. The fourth-order valence-corrected chi connectivity index (χ4v) is 3.06. The van der Waals surface area contributed by atoms with Gasteiger partial charge in [0.15, 0.2) is 0 Å². The Morgan fingerprint density at radius 3 is 2.94 bits per heavy atom. The van der Waals surface area contributed by atoms with E-state index in [0.717, 1.165) is 25.8 Å². The molecule has 1 amide bonds. The molecule has 0 saturated heterocycles. The lowest BCUT2D eigenvalue weighted by atomic mass is 9.91. The number of alkyl halides is 1. The molecule has 0 bridgehead atoms. The molecule has 0 radical (unpaired) electrons. The number of carbonyl (C=O) groups is 1. The van der Waals surface area contributed by atoms with Gasteiger partial charge in [-0.2, -0.15) is 0 Å². The molecule has 0 unspecified atom stereocenters. The highest BCUT2D eigenvalue weighted by Gasteiger charge is 2.30. The molecule has 100 valence electrons.